The maximum Gasteiger partial charge on any atom is 0.187 e. The largest absolute Gasteiger partial charge is 0.187 e. The molecular formula is H6AlBTi2. The van der Waals surface area contributed by atoms with Crippen molar-refractivity contribution >= 4 is 25.8 Å². The minimum absolute atomic E-state index is 0. The van der Waals surface area contributed by atoms with Gasteiger partial charge in [-0.05, 0) is 0 Å². The quantitative estimate of drug-likeness (QED) is 0.329. The third-order valence-electron chi connectivity index (χ3n) is 0. The zero-order chi connectivity index (χ0) is 0. The Morgan fingerprint density at radius 3 is 0.750 bits per heavy atom. The molecule has 4 heavy (non-hydrogen) atoms. The number of hydrogen-bond donors (Lipinski definition) is 0. The van der Waals surface area contributed by atoms with Crippen LogP contribution in [0.15, 0.2) is 0 Å². The van der Waals surface area contributed by atoms with Crippen LogP contribution in [0, 0.1) is 0 Å². The van der Waals surface area contributed by atoms with Crippen LogP contribution in [0.5, 0.6) is 0 Å². The van der Waals surface area contributed by atoms with E-state index in [4.69, 9.17) is 0 Å². The molecule has 0 spiro atoms. The van der Waals surface area contributed by atoms with E-state index in [9.17, 15) is 0 Å². The van der Waals surface area contributed by atoms with E-state index in [-0.39, 0.29) is 69.2 Å². The maximum atomic E-state index is 0. The molecule has 0 heterocycles. The van der Waals surface area contributed by atoms with Crippen LogP contribution >= 0.6 is 0 Å². The fourth-order valence-electron chi connectivity index (χ4n) is 0. The summed E-state index contributed by atoms with van der Waals surface area (Å²) in [6.07, 6.45) is 0. The van der Waals surface area contributed by atoms with Gasteiger partial charge in [-0.15, -0.1) is 0 Å². The van der Waals surface area contributed by atoms with Gasteiger partial charge in [0.05, 0.1) is 8.41 Å². The normalized spacial score (nSPS) is 0. The van der Waals surface area contributed by atoms with Gasteiger partial charge in [0.1, 0.15) is 0 Å². The topological polar surface area (TPSA) is 0 Å². The van der Waals surface area contributed by atoms with Gasteiger partial charge in [-0.3, -0.25) is 0 Å². The molecule has 0 aliphatic carbocycles. The van der Waals surface area contributed by atoms with Crippen LogP contribution in [0.1, 0.15) is 0 Å². The molecule has 0 rings (SSSR count). The van der Waals surface area contributed by atoms with Crippen molar-refractivity contribution in [1.82, 2.24) is 0 Å². The maximum absolute atomic E-state index is 0. The molecule has 0 unspecified atom stereocenters. The summed E-state index contributed by atoms with van der Waals surface area (Å²) in [4.78, 5) is 0. The Bertz CT molecular complexity index is 6.00. The summed E-state index contributed by atoms with van der Waals surface area (Å²) in [5.74, 6) is 0. The van der Waals surface area contributed by atoms with Gasteiger partial charge in [0.25, 0.3) is 0 Å². The van der Waals surface area contributed by atoms with E-state index >= 15 is 0 Å². The molecule has 0 saturated carbocycles. The van der Waals surface area contributed by atoms with Crippen molar-refractivity contribution < 1.29 is 43.4 Å². The fraction of sp³-hybridized carbons (Fsp3) is 0. The molecule has 0 aliphatic heterocycles. The predicted molar refractivity (Wildman–Crippen MR) is 19.9 cm³/mol. The van der Waals surface area contributed by atoms with Crippen LogP contribution in [0.2, 0.25) is 0 Å². The third-order valence-corrected chi connectivity index (χ3v) is 0. The first-order chi connectivity index (χ1) is 0. The molecule has 0 atom stereocenters. The van der Waals surface area contributed by atoms with Crippen LogP contribution < -0.4 is 0 Å². The van der Waals surface area contributed by atoms with Crippen molar-refractivity contribution in [1.29, 1.82) is 0 Å². The second kappa shape index (κ2) is 19.8. The van der Waals surface area contributed by atoms with E-state index < -0.39 is 0 Å². The summed E-state index contributed by atoms with van der Waals surface area (Å²) >= 11 is 0. The Morgan fingerprint density at radius 2 is 0.750 bits per heavy atom. The molecule has 4 heteroatoms. The predicted octanol–water partition coefficient (Wildman–Crippen LogP) is -2.37. The first-order valence-corrected chi connectivity index (χ1v) is 0. The molecule has 0 fully saturated rings. The molecule has 0 saturated heterocycles. The molecule has 0 amide bonds. The van der Waals surface area contributed by atoms with Crippen molar-refractivity contribution in [2.24, 2.45) is 0 Å². The van der Waals surface area contributed by atoms with Crippen molar-refractivity contribution in [3.8, 4) is 0 Å². The summed E-state index contributed by atoms with van der Waals surface area (Å²) in [6, 6.07) is 0. The summed E-state index contributed by atoms with van der Waals surface area (Å²) in [6.45, 7) is 0. The molecule has 0 aromatic rings. The molecule has 0 radical (unpaired) electrons. The van der Waals surface area contributed by atoms with Gasteiger partial charge < -0.3 is 0 Å². The summed E-state index contributed by atoms with van der Waals surface area (Å²) in [5, 5.41) is 0. The molecule has 0 N–H and O–H groups in total. The Kier molecular flexibility index (Phi) is 184. The van der Waals surface area contributed by atoms with Crippen molar-refractivity contribution in [2.45, 2.75) is 0 Å². The van der Waals surface area contributed by atoms with Gasteiger partial charge in [-0.25, -0.2) is 0 Å². The molecule has 20 valence electrons. The molecular weight excluding hydrogens is 134 g/mol. The van der Waals surface area contributed by atoms with E-state index in [1.54, 1.807) is 0 Å². The summed E-state index contributed by atoms with van der Waals surface area (Å²) in [7, 11) is 0. The Hall–Kier alpha value is 2.03. The smallest absolute Gasteiger partial charge is 0 e. The fourth-order valence-corrected chi connectivity index (χ4v) is 0. The minimum Gasteiger partial charge on any atom is 0 e. The molecule has 0 bridgehead atoms. The monoisotopic (exact) mass is 140 g/mol. The molecule has 0 nitrogen and oxygen atoms in total. The standard InChI is InChI=1S/Al.BH3.2Ti.3H/h;1H3;;;;;. The van der Waals surface area contributed by atoms with E-state index in [0.29, 0.717) is 0 Å². The number of rotatable bonds is 0. The van der Waals surface area contributed by atoms with Crippen LogP contribution in [-0.4, -0.2) is 25.8 Å². The van der Waals surface area contributed by atoms with Crippen molar-refractivity contribution in [3.63, 3.8) is 0 Å². The molecule has 0 aromatic heterocycles. The van der Waals surface area contributed by atoms with Gasteiger partial charge in [-0.2, -0.15) is 0 Å². The second-order valence-corrected chi connectivity index (χ2v) is 0. The van der Waals surface area contributed by atoms with Crippen LogP contribution in [0.25, 0.3) is 0 Å². The first kappa shape index (κ1) is 37.1. The zero-order valence-corrected chi connectivity index (χ0v) is 4.12. The summed E-state index contributed by atoms with van der Waals surface area (Å²) in [5.41, 5.74) is 0. The van der Waals surface area contributed by atoms with Crippen molar-refractivity contribution in [3.05, 3.63) is 0 Å². The van der Waals surface area contributed by atoms with Crippen LogP contribution in [0.4, 0.5) is 0 Å². The average Bonchev–Trinajstić information content (AvgIpc) is 0. The third kappa shape index (κ3) is 8.98. The van der Waals surface area contributed by atoms with Crippen LogP contribution in [-0.2, 0) is 43.4 Å². The van der Waals surface area contributed by atoms with E-state index in [0.717, 1.165) is 0 Å². The molecule has 0 aliphatic rings. The van der Waals surface area contributed by atoms with Gasteiger partial charge in [-0.1, -0.05) is 0 Å². The van der Waals surface area contributed by atoms with E-state index in [2.05, 4.69) is 0 Å². The number of hydrogen-bond acceptors (Lipinski definition) is 0. The van der Waals surface area contributed by atoms with E-state index in [1.165, 1.54) is 0 Å². The Balaban J connectivity index is 0. The van der Waals surface area contributed by atoms with Crippen molar-refractivity contribution in [2.75, 3.05) is 0 Å². The minimum atomic E-state index is 0. The van der Waals surface area contributed by atoms with E-state index in [1.807, 2.05) is 0 Å². The zero-order valence-electron chi connectivity index (χ0n) is 1.00. The average molecular weight is 140 g/mol. The van der Waals surface area contributed by atoms with Crippen LogP contribution in [0.3, 0.4) is 0 Å². The summed E-state index contributed by atoms with van der Waals surface area (Å²) < 4.78 is 0. The Labute approximate surface area is 68.6 Å². The van der Waals surface area contributed by atoms with Gasteiger partial charge in [0.15, 0.2) is 17.4 Å². The first-order valence-electron chi connectivity index (χ1n) is 0. The van der Waals surface area contributed by atoms with Gasteiger partial charge in [0.2, 0.25) is 0 Å². The Morgan fingerprint density at radius 1 is 0.750 bits per heavy atom. The second-order valence-electron chi connectivity index (χ2n) is 0. The van der Waals surface area contributed by atoms with Gasteiger partial charge >= 0.3 is 0 Å². The SMILES string of the molecule is B.[AlH3].[Ti].[Ti]. The molecule has 0 aromatic carbocycles. The van der Waals surface area contributed by atoms with Gasteiger partial charge in [0, 0.05) is 43.4 Å².